The number of hydrogen-bond donors (Lipinski definition) is 2. The number of likely N-dealkylation sites (N-methyl/N-ethyl adjacent to an activating group) is 1. The minimum Gasteiger partial charge on any atom is -0.435 e. The molecule has 146 valence electrons. The van der Waals surface area contributed by atoms with Crippen molar-refractivity contribution in [3.05, 3.63) is 72.2 Å². The second-order valence-electron chi connectivity index (χ2n) is 6.39. The number of aromatic nitrogens is 1. The summed E-state index contributed by atoms with van der Waals surface area (Å²) in [7, 11) is 1.74. The van der Waals surface area contributed by atoms with Crippen molar-refractivity contribution in [2.45, 2.75) is 12.7 Å². The summed E-state index contributed by atoms with van der Waals surface area (Å²) in [4.78, 5) is 17.1. The van der Waals surface area contributed by atoms with E-state index in [0.717, 1.165) is 16.5 Å². The van der Waals surface area contributed by atoms with E-state index in [0.29, 0.717) is 18.2 Å². The van der Waals surface area contributed by atoms with Crippen molar-refractivity contribution in [1.29, 1.82) is 0 Å². The highest BCUT2D eigenvalue weighted by atomic mass is 19.4. The number of anilines is 1. The molecule has 8 heteroatoms. The molecule has 5 nitrogen and oxygen atoms in total. The van der Waals surface area contributed by atoms with Gasteiger partial charge in [0.2, 0.25) is 0 Å². The van der Waals surface area contributed by atoms with Gasteiger partial charge >= 0.3 is 6.18 Å². The monoisotopic (exact) mass is 390 g/mol. The van der Waals surface area contributed by atoms with Gasteiger partial charge in [0.1, 0.15) is 0 Å². The molecule has 0 bridgehead atoms. The van der Waals surface area contributed by atoms with Crippen LogP contribution in [-0.2, 0) is 17.5 Å². The van der Waals surface area contributed by atoms with Crippen LogP contribution >= 0.6 is 0 Å². The highest BCUT2D eigenvalue weighted by Crippen LogP contribution is 2.34. The molecule has 1 aromatic heterocycles. The van der Waals surface area contributed by atoms with Crippen molar-refractivity contribution in [3.63, 3.8) is 0 Å². The molecule has 2 N–H and O–H groups in total. The molecule has 1 heterocycles. The quantitative estimate of drug-likeness (QED) is 0.680. The number of amides is 1. The number of alkyl halides is 3. The summed E-state index contributed by atoms with van der Waals surface area (Å²) in [6.07, 6.45) is -2.92. The van der Waals surface area contributed by atoms with Gasteiger partial charge in [0.05, 0.1) is 24.5 Å². The van der Waals surface area contributed by atoms with Gasteiger partial charge in [-0.15, -0.1) is 0 Å². The van der Waals surface area contributed by atoms with E-state index in [9.17, 15) is 18.0 Å². The maximum atomic E-state index is 13.0. The van der Waals surface area contributed by atoms with E-state index < -0.39 is 17.6 Å². The molecule has 3 rings (SSSR count). The van der Waals surface area contributed by atoms with Crippen LogP contribution in [0.5, 0.6) is 0 Å². The Labute approximate surface area is 159 Å². The van der Waals surface area contributed by atoms with Gasteiger partial charge in [0.15, 0.2) is 18.8 Å². The summed E-state index contributed by atoms with van der Waals surface area (Å²) in [6.45, 7) is 0.288. The van der Waals surface area contributed by atoms with Gasteiger partial charge < -0.3 is 14.6 Å². The zero-order valence-electron chi connectivity index (χ0n) is 15.1. The van der Waals surface area contributed by atoms with E-state index in [-0.39, 0.29) is 12.2 Å². The Kier molecular flexibility index (Phi) is 5.79. The molecule has 0 saturated heterocycles. The fourth-order valence-electron chi connectivity index (χ4n) is 2.76. The van der Waals surface area contributed by atoms with E-state index in [4.69, 9.17) is 4.42 Å². The normalized spacial score (nSPS) is 12.6. The molecule has 1 amide bonds. The summed E-state index contributed by atoms with van der Waals surface area (Å²) < 4.78 is 44.7. The standard InChI is InChI=1S/C20H18F3N3O2/c1-26(13-19-24-11-17(28-19)14-7-3-2-4-8-14)12-18(27)25-16-10-6-5-9-15(16)20(21,22)23/h2-11H,12-13H2,1H3,(H,25,27)/p+1. The number of halogens is 3. The maximum absolute atomic E-state index is 13.0. The van der Waals surface area contributed by atoms with Crippen LogP contribution in [0.4, 0.5) is 18.9 Å². The Morgan fingerprint density at radius 1 is 1.11 bits per heavy atom. The van der Waals surface area contributed by atoms with Gasteiger partial charge in [-0.1, -0.05) is 42.5 Å². The van der Waals surface area contributed by atoms with Gasteiger partial charge in [0.25, 0.3) is 11.8 Å². The van der Waals surface area contributed by atoms with Gasteiger partial charge in [-0.3, -0.25) is 4.79 Å². The first kappa shape index (κ1) is 19.6. The third kappa shape index (κ3) is 4.98. The average Bonchev–Trinajstić information content (AvgIpc) is 3.10. The largest absolute Gasteiger partial charge is 0.435 e. The van der Waals surface area contributed by atoms with Crippen LogP contribution in [0.25, 0.3) is 11.3 Å². The van der Waals surface area contributed by atoms with Gasteiger partial charge in [0, 0.05) is 5.56 Å². The molecule has 0 saturated carbocycles. The first-order valence-electron chi connectivity index (χ1n) is 8.60. The fourth-order valence-corrected chi connectivity index (χ4v) is 2.76. The van der Waals surface area contributed by atoms with Crippen LogP contribution in [-0.4, -0.2) is 24.5 Å². The number of para-hydroxylation sites is 1. The van der Waals surface area contributed by atoms with E-state index in [1.165, 1.54) is 18.2 Å². The van der Waals surface area contributed by atoms with Gasteiger partial charge in [-0.05, 0) is 12.1 Å². The number of hydrogen-bond acceptors (Lipinski definition) is 3. The lowest BCUT2D eigenvalue weighted by molar-refractivity contribution is -0.886. The number of oxazole rings is 1. The topological polar surface area (TPSA) is 59.6 Å². The molecule has 1 unspecified atom stereocenters. The van der Waals surface area contributed by atoms with E-state index >= 15 is 0 Å². The minimum atomic E-state index is -4.53. The molecule has 0 radical (unpaired) electrons. The summed E-state index contributed by atoms with van der Waals surface area (Å²) in [5, 5.41) is 2.33. The average molecular weight is 390 g/mol. The molecule has 1 atom stereocenters. The fraction of sp³-hybridized carbons (Fsp3) is 0.200. The summed E-state index contributed by atoms with van der Waals surface area (Å²) in [5.41, 5.74) is -0.239. The Morgan fingerprint density at radius 3 is 2.50 bits per heavy atom. The van der Waals surface area contributed by atoms with Crippen LogP contribution in [0.3, 0.4) is 0 Å². The van der Waals surface area contributed by atoms with Crippen LogP contribution < -0.4 is 10.2 Å². The molecule has 0 aliphatic rings. The molecule has 0 aliphatic heterocycles. The highest BCUT2D eigenvalue weighted by Gasteiger charge is 2.33. The van der Waals surface area contributed by atoms with E-state index in [1.807, 2.05) is 30.3 Å². The van der Waals surface area contributed by atoms with Crippen molar-refractivity contribution in [3.8, 4) is 11.3 Å². The third-order valence-electron chi connectivity index (χ3n) is 4.03. The van der Waals surface area contributed by atoms with Crippen molar-refractivity contribution in [2.24, 2.45) is 0 Å². The smallest absolute Gasteiger partial charge is 0.418 e. The van der Waals surface area contributed by atoms with Crippen LogP contribution in [0.1, 0.15) is 11.5 Å². The second kappa shape index (κ2) is 8.26. The van der Waals surface area contributed by atoms with E-state index in [1.54, 1.807) is 13.2 Å². The Hall–Kier alpha value is -3.13. The number of carbonyl (C=O) groups excluding carboxylic acids is 1. The third-order valence-corrected chi connectivity index (χ3v) is 4.03. The lowest BCUT2D eigenvalue weighted by atomic mass is 10.1. The molecular weight excluding hydrogens is 371 g/mol. The summed E-state index contributed by atoms with van der Waals surface area (Å²) in [5.74, 6) is 0.538. The number of rotatable bonds is 6. The zero-order valence-corrected chi connectivity index (χ0v) is 15.1. The molecule has 0 spiro atoms. The molecule has 3 aromatic rings. The number of carbonyl (C=O) groups is 1. The van der Waals surface area contributed by atoms with E-state index in [2.05, 4.69) is 10.3 Å². The molecule has 0 fully saturated rings. The Bertz CT molecular complexity index is 939. The molecule has 0 aliphatic carbocycles. The predicted octanol–water partition coefficient (Wildman–Crippen LogP) is 3.01. The molecule has 28 heavy (non-hydrogen) atoms. The van der Waals surface area contributed by atoms with Crippen molar-refractivity contribution in [1.82, 2.24) is 4.98 Å². The van der Waals surface area contributed by atoms with Crippen molar-refractivity contribution in [2.75, 3.05) is 18.9 Å². The number of benzene rings is 2. The first-order chi connectivity index (χ1) is 13.3. The van der Waals surface area contributed by atoms with Gasteiger partial charge in [-0.2, -0.15) is 13.2 Å². The summed E-state index contributed by atoms with van der Waals surface area (Å²) in [6, 6.07) is 14.4. The van der Waals surface area contributed by atoms with Crippen LogP contribution in [0.2, 0.25) is 0 Å². The molecule has 2 aromatic carbocycles. The number of quaternary nitrogens is 1. The number of nitrogens with one attached hydrogen (secondary N) is 2. The van der Waals surface area contributed by atoms with Crippen molar-refractivity contribution < 1.29 is 27.3 Å². The lowest BCUT2D eigenvalue weighted by Crippen LogP contribution is -3.08. The van der Waals surface area contributed by atoms with Gasteiger partial charge in [-0.25, -0.2) is 4.98 Å². The zero-order chi connectivity index (χ0) is 20.1. The maximum Gasteiger partial charge on any atom is 0.418 e. The van der Waals surface area contributed by atoms with Crippen molar-refractivity contribution >= 4 is 11.6 Å². The minimum absolute atomic E-state index is 0.0325. The van der Waals surface area contributed by atoms with Crippen LogP contribution in [0.15, 0.2) is 65.2 Å². The Morgan fingerprint density at radius 2 is 1.79 bits per heavy atom. The highest BCUT2D eigenvalue weighted by molar-refractivity contribution is 5.92. The SMILES string of the molecule is C[NH+](CC(=O)Nc1ccccc1C(F)(F)F)Cc1ncc(-c2ccccc2)o1. The lowest BCUT2D eigenvalue weighted by Gasteiger charge is -2.15. The second-order valence-corrected chi connectivity index (χ2v) is 6.39. The number of nitrogens with zero attached hydrogens (tertiary/aromatic N) is 1. The first-order valence-corrected chi connectivity index (χ1v) is 8.60. The molecular formula is C20H19F3N3O2+. The van der Waals surface area contributed by atoms with Crippen LogP contribution in [0, 0.1) is 0 Å². The predicted molar refractivity (Wildman–Crippen MR) is 97.5 cm³/mol. The summed E-state index contributed by atoms with van der Waals surface area (Å²) >= 11 is 0. The Balaban J connectivity index is 1.59.